The molecule has 2 heterocycles. The zero-order valence-corrected chi connectivity index (χ0v) is 8.34. The van der Waals surface area contributed by atoms with Gasteiger partial charge in [0.2, 0.25) is 0 Å². The highest BCUT2D eigenvalue weighted by Gasteiger charge is 2.14. The Morgan fingerprint density at radius 1 is 1.12 bits per heavy atom. The molecule has 1 atom stereocenters. The second-order valence-corrected chi connectivity index (χ2v) is 3.13. The molecule has 0 spiro atoms. The maximum absolute atomic E-state index is 12.7. The lowest BCUT2D eigenvalue weighted by atomic mass is 10.1. The van der Waals surface area contributed by atoms with Crippen molar-refractivity contribution in [2.75, 3.05) is 0 Å². The van der Waals surface area contributed by atoms with Crippen LogP contribution >= 0.6 is 0 Å². The Kier molecular flexibility index (Phi) is 3.13. The molecule has 2 aromatic heterocycles. The molecule has 16 heavy (non-hydrogen) atoms. The summed E-state index contributed by atoms with van der Waals surface area (Å²) in [5.41, 5.74) is 3.78. The molecule has 0 fully saturated rings. The van der Waals surface area contributed by atoms with Crippen LogP contribution in [0.25, 0.3) is 0 Å². The number of nitrogens with one attached hydrogen (secondary N) is 1. The summed E-state index contributed by atoms with van der Waals surface area (Å²) in [5, 5.41) is 0. The molecule has 2 rings (SSSR count). The number of rotatable bonds is 3. The lowest BCUT2D eigenvalue weighted by Gasteiger charge is -2.13. The van der Waals surface area contributed by atoms with Gasteiger partial charge < -0.3 is 0 Å². The van der Waals surface area contributed by atoms with Gasteiger partial charge in [0.25, 0.3) is 0 Å². The van der Waals surface area contributed by atoms with Gasteiger partial charge >= 0.3 is 0 Å². The fourth-order valence-electron chi connectivity index (χ4n) is 1.34. The standard InChI is InChI=1S/C10H10FN5/c11-7-1-2-8(15-5-7)10(16-12)9-6-13-3-4-14-9/h1-6,10,16H,12H2. The summed E-state index contributed by atoms with van der Waals surface area (Å²) in [7, 11) is 0. The minimum absolute atomic E-state index is 0.390. The van der Waals surface area contributed by atoms with Crippen molar-refractivity contribution in [1.29, 1.82) is 0 Å². The molecule has 6 heteroatoms. The van der Waals surface area contributed by atoms with E-state index >= 15 is 0 Å². The van der Waals surface area contributed by atoms with Gasteiger partial charge in [-0.2, -0.15) is 0 Å². The van der Waals surface area contributed by atoms with Crippen LogP contribution in [0.4, 0.5) is 4.39 Å². The van der Waals surface area contributed by atoms with Crippen molar-refractivity contribution >= 4 is 0 Å². The van der Waals surface area contributed by atoms with Gasteiger partial charge in [-0.15, -0.1) is 0 Å². The van der Waals surface area contributed by atoms with Gasteiger partial charge in [-0.1, -0.05) is 0 Å². The molecule has 0 aromatic carbocycles. The predicted octanol–water partition coefficient (Wildman–Crippen LogP) is 0.563. The van der Waals surface area contributed by atoms with Crippen molar-refractivity contribution in [3.8, 4) is 0 Å². The zero-order chi connectivity index (χ0) is 11.4. The average molecular weight is 219 g/mol. The van der Waals surface area contributed by atoms with E-state index in [0.29, 0.717) is 11.4 Å². The highest BCUT2D eigenvalue weighted by molar-refractivity contribution is 5.19. The molecule has 0 radical (unpaired) electrons. The smallest absolute Gasteiger partial charge is 0.141 e. The first kappa shape index (κ1) is 10.6. The molecule has 0 bridgehead atoms. The highest BCUT2D eigenvalue weighted by atomic mass is 19.1. The number of hydrazine groups is 1. The Bertz CT molecular complexity index is 445. The van der Waals surface area contributed by atoms with E-state index in [4.69, 9.17) is 5.84 Å². The Morgan fingerprint density at radius 3 is 2.56 bits per heavy atom. The number of halogens is 1. The molecule has 3 N–H and O–H groups in total. The summed E-state index contributed by atoms with van der Waals surface area (Å²) in [6, 6.07) is 2.48. The minimum Gasteiger partial charge on any atom is -0.270 e. The lowest BCUT2D eigenvalue weighted by molar-refractivity contribution is 0.586. The molecule has 0 saturated heterocycles. The molecule has 5 nitrogen and oxygen atoms in total. The molecule has 0 amide bonds. The lowest BCUT2D eigenvalue weighted by Crippen LogP contribution is -2.30. The minimum atomic E-state index is -0.394. The second-order valence-electron chi connectivity index (χ2n) is 3.13. The number of aromatic nitrogens is 3. The third kappa shape index (κ3) is 2.18. The molecule has 0 aliphatic heterocycles. The van der Waals surface area contributed by atoms with Crippen molar-refractivity contribution < 1.29 is 4.39 Å². The zero-order valence-electron chi connectivity index (χ0n) is 8.34. The van der Waals surface area contributed by atoms with Crippen molar-refractivity contribution in [3.63, 3.8) is 0 Å². The Morgan fingerprint density at radius 2 is 2.00 bits per heavy atom. The van der Waals surface area contributed by atoms with E-state index in [1.165, 1.54) is 6.07 Å². The number of hydrogen-bond acceptors (Lipinski definition) is 5. The molecule has 82 valence electrons. The Labute approximate surface area is 91.5 Å². The van der Waals surface area contributed by atoms with Gasteiger partial charge in [-0.3, -0.25) is 20.8 Å². The van der Waals surface area contributed by atoms with Crippen LogP contribution < -0.4 is 11.3 Å². The van der Waals surface area contributed by atoms with E-state index in [0.717, 1.165) is 6.20 Å². The predicted molar refractivity (Wildman–Crippen MR) is 55.4 cm³/mol. The number of hydrogen-bond donors (Lipinski definition) is 2. The van der Waals surface area contributed by atoms with Gasteiger partial charge in [0.1, 0.15) is 11.9 Å². The SMILES string of the molecule is NNC(c1ccc(F)cn1)c1cnccn1. The molecule has 0 saturated carbocycles. The van der Waals surface area contributed by atoms with Crippen LogP contribution in [0.15, 0.2) is 36.9 Å². The first-order valence-electron chi connectivity index (χ1n) is 4.65. The van der Waals surface area contributed by atoms with Gasteiger partial charge in [0.05, 0.1) is 23.8 Å². The number of nitrogens with zero attached hydrogens (tertiary/aromatic N) is 3. The third-order valence-electron chi connectivity index (χ3n) is 2.09. The Balaban J connectivity index is 2.33. The topological polar surface area (TPSA) is 76.7 Å². The fraction of sp³-hybridized carbons (Fsp3) is 0.100. The van der Waals surface area contributed by atoms with Crippen molar-refractivity contribution in [2.24, 2.45) is 5.84 Å². The molecule has 1 unspecified atom stereocenters. The van der Waals surface area contributed by atoms with E-state index < -0.39 is 11.9 Å². The van der Waals surface area contributed by atoms with Crippen LogP contribution in [0, 0.1) is 5.82 Å². The van der Waals surface area contributed by atoms with Gasteiger partial charge in [-0.05, 0) is 12.1 Å². The van der Waals surface area contributed by atoms with Gasteiger partial charge in [0, 0.05) is 12.4 Å². The van der Waals surface area contributed by atoms with Crippen LogP contribution in [0.3, 0.4) is 0 Å². The molecular weight excluding hydrogens is 209 g/mol. The summed E-state index contributed by atoms with van der Waals surface area (Å²) in [6.45, 7) is 0. The van der Waals surface area contributed by atoms with E-state index in [2.05, 4.69) is 20.4 Å². The number of pyridine rings is 1. The normalized spacial score (nSPS) is 12.4. The summed E-state index contributed by atoms with van der Waals surface area (Å²) < 4.78 is 12.7. The molecule has 2 aromatic rings. The van der Waals surface area contributed by atoms with Gasteiger partial charge in [0.15, 0.2) is 0 Å². The fourth-order valence-corrected chi connectivity index (χ4v) is 1.34. The van der Waals surface area contributed by atoms with E-state index in [9.17, 15) is 4.39 Å². The Hall–Kier alpha value is -1.92. The quantitative estimate of drug-likeness (QED) is 0.582. The summed E-state index contributed by atoms with van der Waals surface area (Å²) in [6.07, 6.45) is 5.84. The summed E-state index contributed by atoms with van der Waals surface area (Å²) in [5.74, 6) is 5.03. The van der Waals surface area contributed by atoms with E-state index in [1.807, 2.05) is 0 Å². The van der Waals surface area contributed by atoms with Crippen LogP contribution in [-0.4, -0.2) is 15.0 Å². The van der Waals surface area contributed by atoms with Crippen LogP contribution in [0.2, 0.25) is 0 Å². The summed E-state index contributed by atoms with van der Waals surface area (Å²) >= 11 is 0. The van der Waals surface area contributed by atoms with Crippen LogP contribution in [-0.2, 0) is 0 Å². The van der Waals surface area contributed by atoms with Crippen LogP contribution in [0.1, 0.15) is 17.4 Å². The largest absolute Gasteiger partial charge is 0.270 e. The first-order chi connectivity index (χ1) is 7.81. The number of nitrogens with two attached hydrogens (primary N) is 1. The maximum Gasteiger partial charge on any atom is 0.141 e. The summed E-state index contributed by atoms with van der Waals surface area (Å²) in [4.78, 5) is 12.0. The first-order valence-corrected chi connectivity index (χ1v) is 4.65. The molecule has 0 aliphatic carbocycles. The monoisotopic (exact) mass is 219 g/mol. The van der Waals surface area contributed by atoms with Gasteiger partial charge in [-0.25, -0.2) is 9.82 Å². The van der Waals surface area contributed by atoms with Crippen LogP contribution in [0.5, 0.6) is 0 Å². The highest BCUT2D eigenvalue weighted by Crippen LogP contribution is 2.16. The third-order valence-corrected chi connectivity index (χ3v) is 2.09. The van der Waals surface area contributed by atoms with Crippen molar-refractivity contribution in [3.05, 3.63) is 54.1 Å². The van der Waals surface area contributed by atoms with Crippen molar-refractivity contribution in [2.45, 2.75) is 6.04 Å². The average Bonchev–Trinajstić information content (AvgIpc) is 2.34. The van der Waals surface area contributed by atoms with E-state index in [-0.39, 0.29) is 0 Å². The maximum atomic E-state index is 12.7. The second kappa shape index (κ2) is 4.73. The molecular formula is C10H10FN5. The van der Waals surface area contributed by atoms with Crippen molar-refractivity contribution in [1.82, 2.24) is 20.4 Å². The molecule has 0 aliphatic rings. The van der Waals surface area contributed by atoms with E-state index in [1.54, 1.807) is 24.7 Å².